The van der Waals surface area contributed by atoms with E-state index < -0.39 is 0 Å². The van der Waals surface area contributed by atoms with E-state index in [1.54, 1.807) is 0 Å². The zero-order valence-corrected chi connectivity index (χ0v) is 12.0. The van der Waals surface area contributed by atoms with Crippen molar-refractivity contribution in [2.45, 2.75) is 6.04 Å². The molecule has 2 heterocycles. The number of thiocarbonyl (C=S) groups is 2. The van der Waals surface area contributed by atoms with Gasteiger partial charge in [0, 0.05) is 22.0 Å². The second-order valence-electron chi connectivity index (χ2n) is 3.97. The fraction of sp³-hybridized carbons (Fsp3) is 0.273. The first-order valence-electron chi connectivity index (χ1n) is 5.16. The van der Waals surface area contributed by atoms with Crippen molar-refractivity contribution >= 4 is 63.5 Å². The Kier molecular flexibility index (Phi) is 3.02. The number of anilines is 1. The number of hydrogen-bond donors (Lipinski definition) is 1. The Morgan fingerprint density at radius 2 is 2.24 bits per heavy atom. The zero-order chi connectivity index (χ0) is 12.0. The van der Waals surface area contributed by atoms with E-state index in [1.807, 2.05) is 30.0 Å². The predicted molar refractivity (Wildman–Crippen MR) is 82.3 cm³/mol. The monoisotopic (exact) mass is 300 g/mol. The number of fused-ring (bicyclic) bond motifs is 2. The van der Waals surface area contributed by atoms with Crippen LogP contribution in [0.1, 0.15) is 5.56 Å². The Morgan fingerprint density at radius 1 is 1.41 bits per heavy atom. The van der Waals surface area contributed by atoms with Gasteiger partial charge in [0.2, 0.25) is 0 Å². The summed E-state index contributed by atoms with van der Waals surface area (Å²) < 4.78 is 0. The minimum Gasteiger partial charge on any atom is -0.348 e. The number of nitrogens with one attached hydrogen (secondary N) is 1. The summed E-state index contributed by atoms with van der Waals surface area (Å²) in [6.45, 7) is 0. The third kappa shape index (κ3) is 1.95. The van der Waals surface area contributed by atoms with Crippen molar-refractivity contribution in [2.24, 2.45) is 0 Å². The standard InChI is InChI=1S/C11H9ClN2S3/c12-6-1-2-8-7(3-6)11(16)14-5-17-4-9(14)10(15)13-8/h1-3,9H,4-5H2,(H,13,15). The van der Waals surface area contributed by atoms with Crippen molar-refractivity contribution in [3.63, 3.8) is 0 Å². The van der Waals surface area contributed by atoms with E-state index in [-0.39, 0.29) is 6.04 Å². The number of halogens is 1. The number of nitrogens with zero attached hydrogens (tertiary/aromatic N) is 1. The van der Waals surface area contributed by atoms with Gasteiger partial charge in [0.15, 0.2) is 0 Å². The molecule has 1 aromatic carbocycles. The maximum atomic E-state index is 6.03. The molecule has 6 heteroatoms. The van der Waals surface area contributed by atoms with E-state index in [0.29, 0.717) is 5.02 Å². The first-order chi connectivity index (χ1) is 8.16. The Morgan fingerprint density at radius 3 is 3.06 bits per heavy atom. The molecule has 2 nitrogen and oxygen atoms in total. The molecule has 2 aliphatic rings. The van der Waals surface area contributed by atoms with E-state index in [2.05, 4.69) is 10.2 Å². The fourth-order valence-corrected chi connectivity index (χ4v) is 4.25. The molecule has 1 N–H and O–H groups in total. The van der Waals surface area contributed by atoms with E-state index in [1.165, 1.54) is 0 Å². The number of thioether (sulfide) groups is 1. The maximum Gasteiger partial charge on any atom is 0.112 e. The first kappa shape index (κ1) is 11.7. The van der Waals surface area contributed by atoms with E-state index >= 15 is 0 Å². The van der Waals surface area contributed by atoms with Crippen molar-refractivity contribution in [1.29, 1.82) is 0 Å². The summed E-state index contributed by atoms with van der Waals surface area (Å²) in [7, 11) is 0. The quantitative estimate of drug-likeness (QED) is 0.738. The average molecular weight is 301 g/mol. The van der Waals surface area contributed by atoms with Crippen molar-refractivity contribution in [2.75, 3.05) is 16.9 Å². The van der Waals surface area contributed by atoms with Gasteiger partial charge in [0.05, 0.1) is 11.9 Å². The van der Waals surface area contributed by atoms with Crippen LogP contribution in [0.25, 0.3) is 0 Å². The van der Waals surface area contributed by atoms with Crippen LogP contribution in [0, 0.1) is 0 Å². The molecule has 3 rings (SSSR count). The molecular weight excluding hydrogens is 292 g/mol. The number of hydrogen-bond acceptors (Lipinski definition) is 3. The van der Waals surface area contributed by atoms with Gasteiger partial charge in [-0.1, -0.05) is 36.0 Å². The molecule has 88 valence electrons. The van der Waals surface area contributed by atoms with Crippen LogP contribution in [0.15, 0.2) is 18.2 Å². The van der Waals surface area contributed by atoms with Gasteiger partial charge in [-0.2, -0.15) is 0 Å². The van der Waals surface area contributed by atoms with Crippen LogP contribution in [0.2, 0.25) is 5.02 Å². The third-order valence-corrected chi connectivity index (χ3v) is 4.99. The van der Waals surface area contributed by atoms with Gasteiger partial charge in [0.1, 0.15) is 9.98 Å². The molecule has 1 unspecified atom stereocenters. The summed E-state index contributed by atoms with van der Waals surface area (Å²) in [6.07, 6.45) is 0. The molecule has 0 bridgehead atoms. The molecule has 0 radical (unpaired) electrons. The predicted octanol–water partition coefficient (Wildman–Crippen LogP) is 3.14. The molecule has 1 atom stereocenters. The van der Waals surface area contributed by atoms with Crippen LogP contribution in [0.4, 0.5) is 5.69 Å². The molecular formula is C11H9ClN2S3. The van der Waals surface area contributed by atoms with E-state index in [0.717, 1.165) is 32.9 Å². The number of benzene rings is 1. The van der Waals surface area contributed by atoms with Gasteiger partial charge in [-0.3, -0.25) is 0 Å². The molecule has 0 aromatic heterocycles. The highest BCUT2D eigenvalue weighted by atomic mass is 35.5. The van der Waals surface area contributed by atoms with Crippen LogP contribution in [-0.4, -0.2) is 32.5 Å². The SMILES string of the molecule is S=C1Nc2ccc(Cl)cc2C(=S)N2CSCC12. The van der Waals surface area contributed by atoms with Gasteiger partial charge in [-0.15, -0.1) is 11.8 Å². The minimum absolute atomic E-state index is 0.216. The second-order valence-corrected chi connectivity index (χ2v) is 6.23. The molecule has 2 aliphatic heterocycles. The molecule has 1 aromatic rings. The first-order valence-corrected chi connectivity index (χ1v) is 7.51. The van der Waals surface area contributed by atoms with Gasteiger partial charge < -0.3 is 10.2 Å². The largest absolute Gasteiger partial charge is 0.348 e. The van der Waals surface area contributed by atoms with Crippen LogP contribution in [0.3, 0.4) is 0 Å². The molecule has 1 fully saturated rings. The molecule has 0 saturated carbocycles. The molecule has 17 heavy (non-hydrogen) atoms. The Bertz CT molecular complexity index is 517. The Balaban J connectivity index is 2.12. The maximum absolute atomic E-state index is 6.03. The van der Waals surface area contributed by atoms with Crippen LogP contribution >= 0.6 is 47.8 Å². The van der Waals surface area contributed by atoms with Gasteiger partial charge >= 0.3 is 0 Å². The van der Waals surface area contributed by atoms with Gasteiger partial charge in [0.25, 0.3) is 0 Å². The van der Waals surface area contributed by atoms with Crippen LogP contribution in [0.5, 0.6) is 0 Å². The lowest BCUT2D eigenvalue weighted by molar-refractivity contribution is 0.499. The normalized spacial score (nSPS) is 22.9. The highest BCUT2D eigenvalue weighted by molar-refractivity contribution is 7.99. The van der Waals surface area contributed by atoms with Crippen LogP contribution in [-0.2, 0) is 0 Å². The van der Waals surface area contributed by atoms with Crippen molar-refractivity contribution in [1.82, 2.24) is 4.90 Å². The molecule has 0 amide bonds. The molecule has 1 saturated heterocycles. The van der Waals surface area contributed by atoms with Crippen molar-refractivity contribution < 1.29 is 0 Å². The lowest BCUT2D eigenvalue weighted by Crippen LogP contribution is -2.40. The third-order valence-electron chi connectivity index (χ3n) is 2.92. The fourth-order valence-electron chi connectivity index (χ4n) is 2.03. The van der Waals surface area contributed by atoms with Crippen molar-refractivity contribution in [3.05, 3.63) is 28.8 Å². The highest BCUT2D eigenvalue weighted by Crippen LogP contribution is 2.32. The smallest absolute Gasteiger partial charge is 0.112 e. The zero-order valence-electron chi connectivity index (χ0n) is 8.77. The topological polar surface area (TPSA) is 15.3 Å². The molecule has 0 spiro atoms. The van der Waals surface area contributed by atoms with E-state index in [4.69, 9.17) is 36.0 Å². The summed E-state index contributed by atoms with van der Waals surface area (Å²) in [5.74, 6) is 1.89. The van der Waals surface area contributed by atoms with Gasteiger partial charge in [-0.05, 0) is 18.2 Å². The van der Waals surface area contributed by atoms with Crippen molar-refractivity contribution in [3.8, 4) is 0 Å². The lowest BCUT2D eigenvalue weighted by atomic mass is 10.1. The van der Waals surface area contributed by atoms with Gasteiger partial charge in [-0.25, -0.2) is 0 Å². The second kappa shape index (κ2) is 4.39. The van der Waals surface area contributed by atoms with Crippen LogP contribution < -0.4 is 5.32 Å². The summed E-state index contributed by atoms with van der Waals surface area (Å²) in [5, 5.41) is 3.98. The molecule has 0 aliphatic carbocycles. The highest BCUT2D eigenvalue weighted by Gasteiger charge is 2.34. The summed E-state index contributed by atoms with van der Waals surface area (Å²) in [6, 6.07) is 5.91. The minimum atomic E-state index is 0.216. The number of rotatable bonds is 0. The van der Waals surface area contributed by atoms with E-state index in [9.17, 15) is 0 Å². The summed E-state index contributed by atoms with van der Waals surface area (Å²) >= 11 is 18.9. The Labute approximate surface area is 120 Å². The Hall–Kier alpha value is -0.360. The summed E-state index contributed by atoms with van der Waals surface area (Å²) in [4.78, 5) is 3.86. The average Bonchev–Trinajstić information content (AvgIpc) is 2.76. The summed E-state index contributed by atoms with van der Waals surface area (Å²) in [5.41, 5.74) is 1.93. The lowest BCUT2D eigenvalue weighted by Gasteiger charge is -2.23.